The van der Waals surface area contributed by atoms with Gasteiger partial charge in [0.25, 0.3) is 0 Å². The molecule has 15 heavy (non-hydrogen) atoms. The maximum absolute atomic E-state index is 11.5. The summed E-state index contributed by atoms with van der Waals surface area (Å²) >= 11 is 0. The monoisotopic (exact) mass is 207 g/mol. The Morgan fingerprint density at radius 1 is 1.40 bits per heavy atom. The van der Waals surface area contributed by atoms with E-state index in [2.05, 4.69) is 15.2 Å². The number of carbonyl (C=O) groups excluding carboxylic acids is 1. The molecule has 1 heterocycles. The Hall–Kier alpha value is -1.42. The van der Waals surface area contributed by atoms with Crippen LogP contribution in [0.25, 0.3) is 0 Å². The summed E-state index contributed by atoms with van der Waals surface area (Å²) in [6.45, 7) is 6.26. The van der Waals surface area contributed by atoms with Crippen LogP contribution in [0.15, 0.2) is 24.4 Å². The summed E-state index contributed by atoms with van der Waals surface area (Å²) in [7, 11) is 0. The van der Waals surface area contributed by atoms with E-state index < -0.39 is 0 Å². The maximum Gasteiger partial charge on any atom is 0.239 e. The Labute approximate surface area is 90.3 Å². The Balaban J connectivity index is 2.43. The van der Waals surface area contributed by atoms with Crippen LogP contribution in [-0.4, -0.2) is 35.4 Å². The zero-order chi connectivity index (χ0) is 11.1. The fraction of sp³-hybridized carbons (Fsp3) is 0.455. The van der Waals surface area contributed by atoms with Gasteiger partial charge >= 0.3 is 0 Å². The highest BCUT2D eigenvalue weighted by Crippen LogP contribution is 1.99. The van der Waals surface area contributed by atoms with Gasteiger partial charge in [0.1, 0.15) is 5.82 Å². The molecule has 4 nitrogen and oxygen atoms in total. The van der Waals surface area contributed by atoms with E-state index in [0.29, 0.717) is 12.4 Å². The molecule has 0 aromatic carbocycles. The second kappa shape index (κ2) is 6.14. The first kappa shape index (κ1) is 11.7. The second-order valence-corrected chi connectivity index (χ2v) is 3.22. The van der Waals surface area contributed by atoms with Crippen molar-refractivity contribution in [3.05, 3.63) is 24.4 Å². The minimum atomic E-state index is -0.0163. The molecule has 1 amide bonds. The van der Waals surface area contributed by atoms with Crippen molar-refractivity contribution < 1.29 is 4.79 Å². The van der Waals surface area contributed by atoms with Gasteiger partial charge in [-0.25, -0.2) is 4.98 Å². The van der Waals surface area contributed by atoms with E-state index in [9.17, 15) is 4.79 Å². The topological polar surface area (TPSA) is 45.2 Å². The van der Waals surface area contributed by atoms with Gasteiger partial charge in [-0.2, -0.15) is 0 Å². The van der Waals surface area contributed by atoms with E-state index in [1.54, 1.807) is 12.3 Å². The smallest absolute Gasteiger partial charge is 0.239 e. The minimum Gasteiger partial charge on any atom is -0.310 e. The van der Waals surface area contributed by atoms with Gasteiger partial charge in [0, 0.05) is 6.20 Å². The van der Waals surface area contributed by atoms with Crippen molar-refractivity contribution in [2.24, 2.45) is 0 Å². The number of nitrogens with one attached hydrogen (secondary N) is 1. The quantitative estimate of drug-likeness (QED) is 0.793. The first-order chi connectivity index (χ1) is 7.26. The Morgan fingerprint density at radius 3 is 2.67 bits per heavy atom. The van der Waals surface area contributed by atoms with E-state index in [-0.39, 0.29) is 5.91 Å². The molecule has 4 heteroatoms. The summed E-state index contributed by atoms with van der Waals surface area (Å²) in [5.74, 6) is 0.590. The molecular formula is C11H17N3O. The fourth-order valence-corrected chi connectivity index (χ4v) is 1.27. The lowest BCUT2D eigenvalue weighted by molar-refractivity contribution is -0.117. The number of carbonyl (C=O) groups is 1. The van der Waals surface area contributed by atoms with Crippen LogP contribution < -0.4 is 5.32 Å². The molecule has 1 aromatic heterocycles. The molecule has 1 rings (SSSR count). The van der Waals surface area contributed by atoms with Crippen LogP contribution >= 0.6 is 0 Å². The highest BCUT2D eigenvalue weighted by Gasteiger charge is 2.07. The van der Waals surface area contributed by atoms with E-state index in [4.69, 9.17) is 0 Å². The lowest BCUT2D eigenvalue weighted by Gasteiger charge is -2.16. The molecule has 0 atom stereocenters. The molecule has 0 saturated carbocycles. The molecular weight excluding hydrogens is 190 g/mol. The van der Waals surface area contributed by atoms with Crippen LogP contribution in [-0.2, 0) is 4.79 Å². The van der Waals surface area contributed by atoms with Crippen molar-refractivity contribution in [3.8, 4) is 0 Å². The summed E-state index contributed by atoms with van der Waals surface area (Å²) in [5, 5.41) is 2.75. The number of likely N-dealkylation sites (N-methyl/N-ethyl adjacent to an activating group) is 1. The van der Waals surface area contributed by atoms with Crippen molar-refractivity contribution in [3.63, 3.8) is 0 Å². The van der Waals surface area contributed by atoms with Gasteiger partial charge in [0.2, 0.25) is 5.91 Å². The van der Waals surface area contributed by atoms with Crippen molar-refractivity contribution in [1.82, 2.24) is 9.88 Å². The number of rotatable bonds is 5. The zero-order valence-electron chi connectivity index (χ0n) is 9.23. The molecule has 82 valence electrons. The Morgan fingerprint density at radius 2 is 2.13 bits per heavy atom. The van der Waals surface area contributed by atoms with Crippen LogP contribution in [0.5, 0.6) is 0 Å². The molecule has 0 fully saturated rings. The number of aromatic nitrogens is 1. The first-order valence-corrected chi connectivity index (χ1v) is 5.19. The van der Waals surface area contributed by atoms with E-state index in [0.717, 1.165) is 13.1 Å². The number of pyridine rings is 1. The molecule has 0 bridgehead atoms. The van der Waals surface area contributed by atoms with Crippen molar-refractivity contribution >= 4 is 11.7 Å². The SMILES string of the molecule is CCN(CC)CC(=O)Nc1ccccn1. The van der Waals surface area contributed by atoms with Gasteiger partial charge in [0.15, 0.2) is 0 Å². The fourth-order valence-electron chi connectivity index (χ4n) is 1.27. The summed E-state index contributed by atoms with van der Waals surface area (Å²) in [6.07, 6.45) is 1.66. The molecule has 0 unspecified atom stereocenters. The maximum atomic E-state index is 11.5. The molecule has 0 aliphatic rings. The van der Waals surface area contributed by atoms with Crippen LogP contribution in [0.1, 0.15) is 13.8 Å². The third-order valence-corrected chi connectivity index (χ3v) is 2.19. The lowest BCUT2D eigenvalue weighted by atomic mass is 10.4. The standard InChI is InChI=1S/C11H17N3O/c1-3-14(4-2)9-11(15)13-10-7-5-6-8-12-10/h5-8H,3-4,9H2,1-2H3,(H,12,13,15). The average Bonchev–Trinajstić information content (AvgIpc) is 2.27. The highest BCUT2D eigenvalue weighted by atomic mass is 16.2. The summed E-state index contributed by atoms with van der Waals surface area (Å²) in [4.78, 5) is 17.6. The number of hydrogen-bond donors (Lipinski definition) is 1. The Bertz CT molecular complexity index is 296. The van der Waals surface area contributed by atoms with Gasteiger partial charge in [-0.15, -0.1) is 0 Å². The van der Waals surface area contributed by atoms with Crippen LogP contribution in [0.3, 0.4) is 0 Å². The van der Waals surface area contributed by atoms with Crippen LogP contribution in [0, 0.1) is 0 Å². The van der Waals surface area contributed by atoms with Crippen molar-refractivity contribution in [2.75, 3.05) is 25.0 Å². The highest BCUT2D eigenvalue weighted by molar-refractivity contribution is 5.91. The van der Waals surface area contributed by atoms with E-state index in [1.807, 2.05) is 26.0 Å². The van der Waals surface area contributed by atoms with Gasteiger partial charge < -0.3 is 5.32 Å². The number of anilines is 1. The molecule has 0 spiro atoms. The number of hydrogen-bond acceptors (Lipinski definition) is 3. The third-order valence-electron chi connectivity index (χ3n) is 2.19. The summed E-state index contributed by atoms with van der Waals surface area (Å²) < 4.78 is 0. The van der Waals surface area contributed by atoms with E-state index >= 15 is 0 Å². The normalized spacial score (nSPS) is 10.3. The third kappa shape index (κ3) is 4.08. The summed E-state index contributed by atoms with van der Waals surface area (Å²) in [6, 6.07) is 5.44. The largest absolute Gasteiger partial charge is 0.310 e. The van der Waals surface area contributed by atoms with Crippen molar-refractivity contribution in [1.29, 1.82) is 0 Å². The van der Waals surface area contributed by atoms with E-state index in [1.165, 1.54) is 0 Å². The van der Waals surface area contributed by atoms with Crippen molar-refractivity contribution in [2.45, 2.75) is 13.8 Å². The molecule has 0 radical (unpaired) electrons. The lowest BCUT2D eigenvalue weighted by Crippen LogP contribution is -2.33. The molecule has 0 aliphatic heterocycles. The van der Waals surface area contributed by atoms with Gasteiger partial charge in [-0.1, -0.05) is 19.9 Å². The zero-order valence-corrected chi connectivity index (χ0v) is 9.23. The van der Waals surface area contributed by atoms with Gasteiger partial charge in [-0.3, -0.25) is 9.69 Å². The average molecular weight is 207 g/mol. The first-order valence-electron chi connectivity index (χ1n) is 5.19. The van der Waals surface area contributed by atoms with Gasteiger partial charge in [-0.05, 0) is 25.2 Å². The predicted octanol–water partition coefficient (Wildman–Crippen LogP) is 1.36. The molecule has 0 aliphatic carbocycles. The van der Waals surface area contributed by atoms with Crippen LogP contribution in [0.2, 0.25) is 0 Å². The van der Waals surface area contributed by atoms with Gasteiger partial charge in [0.05, 0.1) is 6.54 Å². The second-order valence-electron chi connectivity index (χ2n) is 3.22. The molecule has 1 N–H and O–H groups in total. The summed E-state index contributed by atoms with van der Waals surface area (Å²) in [5.41, 5.74) is 0. The number of nitrogens with zero attached hydrogens (tertiary/aromatic N) is 2. The molecule has 1 aromatic rings. The Kier molecular flexibility index (Phi) is 4.77. The molecule has 0 saturated heterocycles. The van der Waals surface area contributed by atoms with Crippen LogP contribution in [0.4, 0.5) is 5.82 Å². The predicted molar refractivity (Wildman–Crippen MR) is 60.7 cm³/mol. The minimum absolute atomic E-state index is 0.0163. The number of amides is 1.